The maximum absolute atomic E-state index is 14.4. The van der Waals surface area contributed by atoms with E-state index in [1.807, 2.05) is 5.10 Å². The summed E-state index contributed by atoms with van der Waals surface area (Å²) in [6.07, 6.45) is -2.34. The molecule has 6 nitrogen and oxygen atoms in total. The third-order valence-electron chi connectivity index (χ3n) is 5.07. The van der Waals surface area contributed by atoms with Crippen LogP contribution >= 0.6 is 0 Å². The molecule has 0 aliphatic carbocycles. The van der Waals surface area contributed by atoms with Gasteiger partial charge in [-0.15, -0.1) is 0 Å². The van der Waals surface area contributed by atoms with Crippen LogP contribution in [0.5, 0.6) is 5.75 Å². The van der Waals surface area contributed by atoms with E-state index >= 15 is 0 Å². The van der Waals surface area contributed by atoms with E-state index in [-0.39, 0.29) is 30.4 Å². The van der Waals surface area contributed by atoms with Crippen LogP contribution in [0.3, 0.4) is 0 Å². The lowest BCUT2D eigenvalue weighted by molar-refractivity contribution is -0.138. The Morgan fingerprint density at radius 3 is 2.57 bits per heavy atom. The van der Waals surface area contributed by atoms with Crippen LogP contribution in [0.25, 0.3) is 0 Å². The smallest absolute Gasteiger partial charge is 0.423 e. The predicted molar refractivity (Wildman–Crippen MR) is 92.7 cm³/mol. The van der Waals surface area contributed by atoms with Crippen molar-refractivity contribution in [2.24, 2.45) is 0 Å². The molecule has 2 aliphatic rings. The SMILES string of the molecule is O=c1[nH]ncc(N2Cc3c(F)ccc(OC4CCNCC4)c3C2)c1C(F)(F)F. The van der Waals surface area contributed by atoms with Gasteiger partial charge in [0, 0.05) is 24.2 Å². The number of nitrogens with one attached hydrogen (secondary N) is 2. The molecule has 2 aliphatic heterocycles. The van der Waals surface area contributed by atoms with Gasteiger partial charge in [-0.2, -0.15) is 18.3 Å². The maximum Gasteiger partial charge on any atom is 0.423 e. The van der Waals surface area contributed by atoms with E-state index < -0.39 is 23.1 Å². The van der Waals surface area contributed by atoms with Crippen LogP contribution in [0, 0.1) is 5.82 Å². The minimum Gasteiger partial charge on any atom is -0.490 e. The molecule has 1 saturated heterocycles. The molecule has 0 amide bonds. The average molecular weight is 398 g/mol. The second kappa shape index (κ2) is 7.08. The fraction of sp³-hybridized carbons (Fsp3) is 0.444. The Balaban J connectivity index is 1.67. The molecular weight excluding hydrogens is 380 g/mol. The molecule has 0 atom stereocenters. The number of fused-ring (bicyclic) bond motifs is 1. The second-order valence-corrected chi connectivity index (χ2v) is 6.88. The number of hydrogen-bond acceptors (Lipinski definition) is 5. The quantitative estimate of drug-likeness (QED) is 0.778. The van der Waals surface area contributed by atoms with E-state index in [0.29, 0.717) is 11.3 Å². The van der Waals surface area contributed by atoms with Gasteiger partial charge in [0.1, 0.15) is 23.2 Å². The molecule has 150 valence electrons. The van der Waals surface area contributed by atoms with Gasteiger partial charge in [-0.1, -0.05) is 0 Å². The Bertz CT molecular complexity index is 938. The summed E-state index contributed by atoms with van der Waals surface area (Å²) in [5.74, 6) is -0.0429. The van der Waals surface area contributed by atoms with Crippen molar-refractivity contribution in [3.63, 3.8) is 0 Å². The minimum atomic E-state index is -4.85. The Kier molecular flexibility index (Phi) is 4.74. The number of hydrogen-bond donors (Lipinski definition) is 2. The standard InChI is InChI=1S/C18H18F4N4O2/c19-13-1-2-15(28-10-3-5-23-6-4-10)12-9-26(8-11(12)13)14-7-24-25-17(27)16(14)18(20,21)22/h1-2,7,10,23H,3-6,8-9H2,(H,25,27). The van der Waals surface area contributed by atoms with E-state index in [0.717, 1.165) is 32.1 Å². The molecule has 2 aromatic rings. The molecule has 1 aromatic heterocycles. The third kappa shape index (κ3) is 3.44. The van der Waals surface area contributed by atoms with Gasteiger partial charge >= 0.3 is 6.18 Å². The zero-order valence-corrected chi connectivity index (χ0v) is 14.8. The summed E-state index contributed by atoms with van der Waals surface area (Å²) >= 11 is 0. The van der Waals surface area contributed by atoms with Gasteiger partial charge in [-0.05, 0) is 38.1 Å². The van der Waals surface area contributed by atoms with Crippen LogP contribution in [-0.2, 0) is 19.3 Å². The van der Waals surface area contributed by atoms with Crippen LogP contribution in [-0.4, -0.2) is 29.4 Å². The Labute approximate surface area is 157 Å². The summed E-state index contributed by atoms with van der Waals surface area (Å²) in [6.45, 7) is 1.53. The van der Waals surface area contributed by atoms with Crippen LogP contribution < -0.4 is 20.5 Å². The molecule has 28 heavy (non-hydrogen) atoms. The molecule has 3 heterocycles. The topological polar surface area (TPSA) is 70.2 Å². The van der Waals surface area contributed by atoms with Crippen molar-refractivity contribution in [3.05, 3.63) is 51.2 Å². The van der Waals surface area contributed by atoms with Crippen molar-refractivity contribution in [1.29, 1.82) is 0 Å². The van der Waals surface area contributed by atoms with Crippen molar-refractivity contribution < 1.29 is 22.3 Å². The number of rotatable bonds is 3. The number of ether oxygens (including phenoxy) is 1. The molecule has 0 radical (unpaired) electrons. The lowest BCUT2D eigenvalue weighted by Crippen LogP contribution is -2.34. The summed E-state index contributed by atoms with van der Waals surface area (Å²) < 4.78 is 60.5. The number of aromatic amines is 1. The Morgan fingerprint density at radius 2 is 1.86 bits per heavy atom. The normalized spacial score (nSPS) is 17.6. The first-order valence-electron chi connectivity index (χ1n) is 8.92. The van der Waals surface area contributed by atoms with Crippen molar-refractivity contribution >= 4 is 5.69 Å². The monoisotopic (exact) mass is 398 g/mol. The number of benzene rings is 1. The van der Waals surface area contributed by atoms with Crippen molar-refractivity contribution in [3.8, 4) is 5.75 Å². The Hall–Kier alpha value is -2.62. The van der Waals surface area contributed by atoms with Gasteiger partial charge in [0.2, 0.25) is 0 Å². The molecule has 0 unspecified atom stereocenters. The highest BCUT2D eigenvalue weighted by atomic mass is 19.4. The van der Waals surface area contributed by atoms with Gasteiger partial charge < -0.3 is 15.0 Å². The molecule has 1 aromatic carbocycles. The van der Waals surface area contributed by atoms with Gasteiger partial charge in [0.05, 0.1) is 11.9 Å². The molecule has 10 heteroatoms. The fourth-order valence-electron chi connectivity index (χ4n) is 3.70. The molecule has 2 N–H and O–H groups in total. The van der Waals surface area contributed by atoms with E-state index in [1.54, 1.807) is 0 Å². The van der Waals surface area contributed by atoms with Crippen LogP contribution in [0.4, 0.5) is 23.2 Å². The average Bonchev–Trinajstić information content (AvgIpc) is 3.10. The van der Waals surface area contributed by atoms with Gasteiger partial charge in [-0.3, -0.25) is 4.79 Å². The lowest BCUT2D eigenvalue weighted by atomic mass is 10.1. The van der Waals surface area contributed by atoms with Crippen LogP contribution in [0.2, 0.25) is 0 Å². The zero-order valence-electron chi connectivity index (χ0n) is 14.8. The second-order valence-electron chi connectivity index (χ2n) is 6.88. The van der Waals surface area contributed by atoms with Crippen LogP contribution in [0.15, 0.2) is 23.1 Å². The number of alkyl halides is 3. The third-order valence-corrected chi connectivity index (χ3v) is 5.07. The number of piperidine rings is 1. The predicted octanol–water partition coefficient (Wildman–Crippen LogP) is 2.58. The summed E-state index contributed by atoms with van der Waals surface area (Å²) in [6, 6.07) is 2.78. The summed E-state index contributed by atoms with van der Waals surface area (Å²) in [7, 11) is 0. The van der Waals surface area contributed by atoms with E-state index in [4.69, 9.17) is 4.74 Å². The van der Waals surface area contributed by atoms with Crippen molar-refractivity contribution in [2.45, 2.75) is 38.2 Å². The van der Waals surface area contributed by atoms with Crippen molar-refractivity contribution in [2.75, 3.05) is 18.0 Å². The van der Waals surface area contributed by atoms with E-state index in [9.17, 15) is 22.4 Å². The lowest BCUT2D eigenvalue weighted by Gasteiger charge is -2.25. The largest absolute Gasteiger partial charge is 0.490 e. The molecule has 0 bridgehead atoms. The van der Waals surface area contributed by atoms with Gasteiger partial charge in [0.25, 0.3) is 5.56 Å². The number of nitrogens with zero attached hydrogens (tertiary/aromatic N) is 2. The van der Waals surface area contributed by atoms with Gasteiger partial charge in [0.15, 0.2) is 0 Å². The summed E-state index contributed by atoms with van der Waals surface area (Å²) in [5, 5.41) is 8.53. The van der Waals surface area contributed by atoms with Gasteiger partial charge in [-0.25, -0.2) is 9.49 Å². The fourth-order valence-corrected chi connectivity index (χ4v) is 3.70. The highest BCUT2D eigenvalue weighted by Gasteiger charge is 2.40. The van der Waals surface area contributed by atoms with E-state index in [2.05, 4.69) is 10.4 Å². The molecule has 0 saturated carbocycles. The van der Waals surface area contributed by atoms with Crippen LogP contribution in [0.1, 0.15) is 29.5 Å². The highest BCUT2D eigenvalue weighted by Crippen LogP contribution is 2.40. The Morgan fingerprint density at radius 1 is 1.14 bits per heavy atom. The number of aromatic nitrogens is 2. The van der Waals surface area contributed by atoms with E-state index in [1.165, 1.54) is 17.0 Å². The first kappa shape index (κ1) is 18.7. The van der Waals surface area contributed by atoms with Crippen molar-refractivity contribution in [1.82, 2.24) is 15.5 Å². The maximum atomic E-state index is 14.4. The summed E-state index contributed by atoms with van der Waals surface area (Å²) in [5.41, 5.74) is -2.25. The summed E-state index contributed by atoms with van der Waals surface area (Å²) in [4.78, 5) is 13.0. The molecule has 1 fully saturated rings. The number of H-pyrrole nitrogens is 1. The zero-order chi connectivity index (χ0) is 19.9. The first-order valence-corrected chi connectivity index (χ1v) is 8.92. The highest BCUT2D eigenvalue weighted by molar-refractivity contribution is 5.58. The minimum absolute atomic E-state index is 0.00160. The first-order chi connectivity index (χ1) is 13.3. The number of anilines is 1. The molecule has 0 spiro atoms. The molecule has 4 rings (SSSR count). The number of halogens is 4. The molecular formula is C18H18F4N4O2.